The third kappa shape index (κ3) is 4.77. The number of amides is 1. The molecule has 0 fully saturated rings. The molecule has 1 aliphatic heterocycles. The first kappa shape index (κ1) is 18.7. The van der Waals surface area contributed by atoms with Gasteiger partial charge in [0.15, 0.2) is 6.10 Å². The molecule has 0 unspecified atom stereocenters. The van der Waals surface area contributed by atoms with E-state index in [9.17, 15) is 4.79 Å². The van der Waals surface area contributed by atoms with Crippen molar-refractivity contribution in [2.45, 2.75) is 32.4 Å². The molecule has 1 heterocycles. The summed E-state index contributed by atoms with van der Waals surface area (Å²) < 4.78 is 0. The largest absolute Gasteiger partial charge is 0.390 e. The molecule has 1 amide bonds. The monoisotopic (exact) mass is 390 g/mol. The van der Waals surface area contributed by atoms with E-state index in [2.05, 4.69) is 5.16 Å². The third-order valence-electron chi connectivity index (χ3n) is 4.25. The Morgan fingerprint density at radius 1 is 1.19 bits per heavy atom. The summed E-state index contributed by atoms with van der Waals surface area (Å²) in [5.41, 5.74) is 2.86. The number of oxime groups is 1. The summed E-state index contributed by atoms with van der Waals surface area (Å²) in [6, 6.07) is 15.1. The summed E-state index contributed by atoms with van der Waals surface area (Å²) >= 11 is 12.0. The Labute approximate surface area is 163 Å². The van der Waals surface area contributed by atoms with E-state index in [0.29, 0.717) is 36.0 Å². The summed E-state index contributed by atoms with van der Waals surface area (Å²) in [4.78, 5) is 19.7. The van der Waals surface area contributed by atoms with Crippen molar-refractivity contribution in [1.82, 2.24) is 4.90 Å². The fourth-order valence-electron chi connectivity index (χ4n) is 2.92. The van der Waals surface area contributed by atoms with Gasteiger partial charge in [-0.2, -0.15) is 0 Å². The van der Waals surface area contributed by atoms with Crippen molar-refractivity contribution in [2.24, 2.45) is 5.16 Å². The van der Waals surface area contributed by atoms with Crippen molar-refractivity contribution in [3.63, 3.8) is 0 Å². The second-order valence-electron chi connectivity index (χ2n) is 6.23. The van der Waals surface area contributed by atoms with E-state index in [-0.39, 0.29) is 12.0 Å². The van der Waals surface area contributed by atoms with E-state index in [1.165, 1.54) is 0 Å². The zero-order valence-corrected chi connectivity index (χ0v) is 16.0. The Hall–Kier alpha value is -2.04. The van der Waals surface area contributed by atoms with Crippen LogP contribution in [0.1, 0.15) is 30.9 Å². The number of halogens is 2. The van der Waals surface area contributed by atoms with Crippen LogP contribution in [0.15, 0.2) is 53.7 Å². The lowest BCUT2D eigenvalue weighted by Gasteiger charge is -2.24. The molecule has 6 heteroatoms. The maximum absolute atomic E-state index is 12.4. The molecule has 3 rings (SSSR count). The van der Waals surface area contributed by atoms with Crippen molar-refractivity contribution in [3.8, 4) is 0 Å². The number of benzene rings is 2. The second kappa shape index (κ2) is 8.56. The molecule has 2 aromatic rings. The van der Waals surface area contributed by atoms with Gasteiger partial charge < -0.3 is 9.74 Å². The molecule has 0 aromatic heterocycles. The molecule has 1 aliphatic rings. The molecular weight excluding hydrogens is 371 g/mol. The van der Waals surface area contributed by atoms with Crippen molar-refractivity contribution < 1.29 is 9.63 Å². The fourth-order valence-corrected chi connectivity index (χ4v) is 3.26. The van der Waals surface area contributed by atoms with E-state index in [0.717, 1.165) is 16.8 Å². The second-order valence-corrected chi connectivity index (χ2v) is 7.11. The van der Waals surface area contributed by atoms with Gasteiger partial charge in [0.25, 0.3) is 0 Å². The van der Waals surface area contributed by atoms with Crippen molar-refractivity contribution in [3.05, 3.63) is 69.7 Å². The predicted octanol–water partition coefficient (Wildman–Crippen LogP) is 4.93. The summed E-state index contributed by atoms with van der Waals surface area (Å²) in [6.45, 7) is 2.85. The molecule has 0 N–H and O–H groups in total. The van der Waals surface area contributed by atoms with Crippen LogP contribution in [0.4, 0.5) is 0 Å². The maximum Gasteiger partial charge on any atom is 0.222 e. The van der Waals surface area contributed by atoms with Gasteiger partial charge in [-0.05, 0) is 35.4 Å². The average molecular weight is 391 g/mol. The lowest BCUT2D eigenvalue weighted by molar-refractivity contribution is -0.133. The normalized spacial score (nSPS) is 16.1. The molecule has 136 valence electrons. The van der Waals surface area contributed by atoms with Crippen LogP contribution >= 0.6 is 23.2 Å². The average Bonchev–Trinajstić information content (AvgIpc) is 3.10. The van der Waals surface area contributed by atoms with Crippen LogP contribution in [0, 0.1) is 0 Å². The Morgan fingerprint density at radius 2 is 1.96 bits per heavy atom. The van der Waals surface area contributed by atoms with Crippen LogP contribution in [0.2, 0.25) is 10.0 Å². The van der Waals surface area contributed by atoms with Crippen LogP contribution in [0.3, 0.4) is 0 Å². The quantitative estimate of drug-likeness (QED) is 0.701. The van der Waals surface area contributed by atoms with Gasteiger partial charge >= 0.3 is 0 Å². The van der Waals surface area contributed by atoms with Crippen LogP contribution in [0.5, 0.6) is 0 Å². The van der Waals surface area contributed by atoms with E-state index in [1.807, 2.05) is 55.5 Å². The first-order valence-corrected chi connectivity index (χ1v) is 9.31. The van der Waals surface area contributed by atoms with Gasteiger partial charge in [0, 0.05) is 29.4 Å². The van der Waals surface area contributed by atoms with Gasteiger partial charge in [0.05, 0.1) is 12.3 Å². The molecular formula is C20H20Cl2N2O2. The third-order valence-corrected chi connectivity index (χ3v) is 4.74. The lowest BCUT2D eigenvalue weighted by Crippen LogP contribution is -2.36. The summed E-state index contributed by atoms with van der Waals surface area (Å²) in [5.74, 6) is 0.0773. The van der Waals surface area contributed by atoms with Crippen LogP contribution < -0.4 is 0 Å². The minimum atomic E-state index is -0.157. The predicted molar refractivity (Wildman–Crippen MR) is 105 cm³/mol. The zero-order chi connectivity index (χ0) is 18.5. The van der Waals surface area contributed by atoms with Gasteiger partial charge in [0.2, 0.25) is 5.91 Å². The highest BCUT2D eigenvalue weighted by Gasteiger charge is 2.26. The fraction of sp³-hybridized carbons (Fsp3) is 0.300. The standard InChI is InChI=1S/C20H20Cl2N2O2/c1-2-20(25)24(12-14-4-3-5-17(22)10-14)13-18-11-19(23-26-18)15-6-8-16(21)9-7-15/h3-10,18H,2,11-13H2,1H3/t18-/m0/s1. The SMILES string of the molecule is CCC(=O)N(Cc1cccc(Cl)c1)C[C@@H]1CC(c2ccc(Cl)cc2)=NO1. The molecule has 2 aromatic carbocycles. The molecule has 1 atom stereocenters. The Morgan fingerprint density at radius 3 is 2.65 bits per heavy atom. The molecule has 26 heavy (non-hydrogen) atoms. The molecule has 0 aliphatic carbocycles. The smallest absolute Gasteiger partial charge is 0.222 e. The summed E-state index contributed by atoms with van der Waals surface area (Å²) in [6.07, 6.45) is 0.943. The van der Waals surface area contributed by atoms with Gasteiger partial charge in [-0.1, -0.05) is 59.5 Å². The molecule has 0 radical (unpaired) electrons. The summed E-state index contributed by atoms with van der Waals surface area (Å²) in [5, 5.41) is 5.54. The highest BCUT2D eigenvalue weighted by atomic mass is 35.5. The van der Waals surface area contributed by atoms with Crippen LogP contribution in [0.25, 0.3) is 0 Å². The molecule has 0 spiro atoms. The minimum Gasteiger partial charge on any atom is -0.390 e. The van der Waals surface area contributed by atoms with Crippen LogP contribution in [-0.4, -0.2) is 29.2 Å². The number of hydrogen-bond acceptors (Lipinski definition) is 3. The Bertz CT molecular complexity index is 806. The molecule has 0 saturated carbocycles. The highest BCUT2D eigenvalue weighted by Crippen LogP contribution is 2.21. The molecule has 4 nitrogen and oxygen atoms in total. The number of nitrogens with zero attached hydrogens (tertiary/aromatic N) is 2. The molecule has 0 bridgehead atoms. The van der Waals surface area contributed by atoms with E-state index >= 15 is 0 Å². The highest BCUT2D eigenvalue weighted by molar-refractivity contribution is 6.31. The Balaban J connectivity index is 1.65. The number of carbonyl (C=O) groups is 1. The Kier molecular flexibility index (Phi) is 6.17. The van der Waals surface area contributed by atoms with Gasteiger partial charge in [0.1, 0.15) is 0 Å². The first-order valence-electron chi connectivity index (χ1n) is 8.56. The lowest BCUT2D eigenvalue weighted by atomic mass is 10.0. The van der Waals surface area contributed by atoms with Gasteiger partial charge in [-0.25, -0.2) is 0 Å². The van der Waals surface area contributed by atoms with E-state index < -0.39 is 0 Å². The topological polar surface area (TPSA) is 41.9 Å². The molecule has 0 saturated heterocycles. The van der Waals surface area contributed by atoms with Crippen molar-refractivity contribution >= 4 is 34.8 Å². The van der Waals surface area contributed by atoms with E-state index in [4.69, 9.17) is 28.0 Å². The number of rotatable bonds is 6. The van der Waals surface area contributed by atoms with Crippen molar-refractivity contribution in [1.29, 1.82) is 0 Å². The number of hydrogen-bond donors (Lipinski definition) is 0. The number of carbonyl (C=O) groups excluding carboxylic acids is 1. The van der Waals surface area contributed by atoms with Crippen molar-refractivity contribution in [2.75, 3.05) is 6.54 Å². The zero-order valence-electron chi connectivity index (χ0n) is 14.5. The summed E-state index contributed by atoms with van der Waals surface area (Å²) in [7, 11) is 0. The first-order chi connectivity index (χ1) is 12.5. The minimum absolute atomic E-state index is 0.0773. The maximum atomic E-state index is 12.4. The van der Waals surface area contributed by atoms with Crippen LogP contribution in [-0.2, 0) is 16.2 Å². The van der Waals surface area contributed by atoms with Gasteiger partial charge in [-0.15, -0.1) is 0 Å². The van der Waals surface area contributed by atoms with Gasteiger partial charge in [-0.3, -0.25) is 4.79 Å². The van der Waals surface area contributed by atoms with E-state index in [1.54, 1.807) is 4.90 Å².